The zero-order valence-corrected chi connectivity index (χ0v) is 17.8. The fourth-order valence-corrected chi connectivity index (χ4v) is 4.87. The highest BCUT2D eigenvalue weighted by Crippen LogP contribution is 2.21. The first-order valence-electron chi connectivity index (χ1n) is 10.1. The molecule has 0 radical (unpaired) electrons. The largest absolute Gasteiger partial charge is 0.368 e. The molecule has 156 valence electrons. The molecule has 30 heavy (non-hydrogen) atoms. The summed E-state index contributed by atoms with van der Waals surface area (Å²) in [6.07, 6.45) is 1.59. The molecule has 2 heterocycles. The fourth-order valence-electron chi connectivity index (χ4n) is 3.70. The van der Waals surface area contributed by atoms with E-state index in [9.17, 15) is 8.42 Å². The average Bonchev–Trinajstić information content (AvgIpc) is 2.74. The van der Waals surface area contributed by atoms with Crippen LogP contribution in [0.3, 0.4) is 0 Å². The van der Waals surface area contributed by atoms with Crippen molar-refractivity contribution in [1.29, 1.82) is 0 Å². The lowest BCUT2D eigenvalue weighted by Crippen LogP contribution is -2.46. The van der Waals surface area contributed by atoms with Crippen LogP contribution in [0.2, 0.25) is 0 Å². The third-order valence-electron chi connectivity index (χ3n) is 5.19. The Kier molecular flexibility index (Phi) is 5.90. The van der Waals surface area contributed by atoms with Crippen molar-refractivity contribution >= 4 is 27.2 Å². The summed E-state index contributed by atoms with van der Waals surface area (Å²) in [5.74, 6) is 0.807. The zero-order chi connectivity index (χ0) is 21.0. The molecule has 0 atom stereocenters. The van der Waals surface area contributed by atoms with Gasteiger partial charge < -0.3 is 9.80 Å². The molecule has 4 rings (SSSR count). The molecular formula is C23H26N4O2S. The predicted octanol–water partition coefficient (Wildman–Crippen LogP) is 3.66. The van der Waals surface area contributed by atoms with Gasteiger partial charge in [0.1, 0.15) is 5.82 Å². The Bertz CT molecular complexity index is 1080. The molecule has 1 aromatic heterocycles. The quantitative estimate of drug-likeness (QED) is 0.657. The van der Waals surface area contributed by atoms with Crippen LogP contribution in [0, 0.1) is 6.92 Å². The van der Waals surface area contributed by atoms with E-state index in [0.717, 1.165) is 43.1 Å². The lowest BCUT2D eigenvalue weighted by molar-refractivity contribution is 0.600. The van der Waals surface area contributed by atoms with Crippen molar-refractivity contribution in [3.05, 3.63) is 84.1 Å². The molecule has 1 fully saturated rings. The smallest absolute Gasteiger partial charge is 0.236 e. The number of aromatic nitrogens is 1. The van der Waals surface area contributed by atoms with E-state index in [1.54, 1.807) is 12.3 Å². The summed E-state index contributed by atoms with van der Waals surface area (Å²) < 4.78 is 27.6. The van der Waals surface area contributed by atoms with Crippen molar-refractivity contribution in [3.8, 4) is 0 Å². The summed E-state index contributed by atoms with van der Waals surface area (Å²) in [7, 11) is -3.49. The standard InChI is InChI=1S/C23H26N4O2S/c1-19-6-5-7-20(16-19)18-30(28,29)25-21-10-11-23(24-17-21)27-14-12-26(13-15-27)22-8-3-2-4-9-22/h2-11,16-17,25H,12-15,18H2,1H3. The Balaban J connectivity index is 1.35. The van der Waals surface area contributed by atoms with E-state index < -0.39 is 10.0 Å². The number of pyridine rings is 1. The maximum absolute atomic E-state index is 12.5. The van der Waals surface area contributed by atoms with Crippen molar-refractivity contribution in [2.75, 3.05) is 40.7 Å². The number of hydrogen-bond acceptors (Lipinski definition) is 5. The van der Waals surface area contributed by atoms with Gasteiger partial charge in [0.2, 0.25) is 10.0 Å². The molecule has 2 aromatic carbocycles. The average molecular weight is 423 g/mol. The van der Waals surface area contributed by atoms with Crippen molar-refractivity contribution in [1.82, 2.24) is 4.98 Å². The number of hydrogen-bond donors (Lipinski definition) is 1. The SMILES string of the molecule is Cc1cccc(CS(=O)(=O)Nc2ccc(N3CCN(c4ccccc4)CC3)nc2)c1. The summed E-state index contributed by atoms with van der Waals surface area (Å²) in [5.41, 5.74) is 3.53. The van der Waals surface area contributed by atoms with Crippen LogP contribution >= 0.6 is 0 Å². The molecule has 1 aliphatic rings. The molecule has 3 aromatic rings. The van der Waals surface area contributed by atoms with Crippen LogP contribution in [0.5, 0.6) is 0 Å². The van der Waals surface area contributed by atoms with Gasteiger partial charge in [-0.3, -0.25) is 4.72 Å². The van der Waals surface area contributed by atoms with E-state index in [1.165, 1.54) is 5.69 Å². The van der Waals surface area contributed by atoms with Gasteiger partial charge in [0.05, 0.1) is 17.6 Å². The Morgan fingerprint density at radius 3 is 2.30 bits per heavy atom. The van der Waals surface area contributed by atoms with E-state index in [4.69, 9.17) is 0 Å². The molecule has 1 saturated heterocycles. The number of nitrogens with one attached hydrogen (secondary N) is 1. The van der Waals surface area contributed by atoms with Crippen molar-refractivity contribution < 1.29 is 8.42 Å². The van der Waals surface area contributed by atoms with E-state index >= 15 is 0 Å². The second-order valence-corrected chi connectivity index (χ2v) is 9.29. The van der Waals surface area contributed by atoms with E-state index in [1.807, 2.05) is 43.3 Å². The highest BCUT2D eigenvalue weighted by atomic mass is 32.2. The Morgan fingerprint density at radius 1 is 0.900 bits per heavy atom. The predicted molar refractivity (Wildman–Crippen MR) is 123 cm³/mol. The first-order valence-corrected chi connectivity index (χ1v) is 11.7. The van der Waals surface area contributed by atoms with Crippen molar-refractivity contribution in [2.24, 2.45) is 0 Å². The van der Waals surface area contributed by atoms with Gasteiger partial charge in [-0.2, -0.15) is 0 Å². The summed E-state index contributed by atoms with van der Waals surface area (Å²) in [6, 6.07) is 21.6. The van der Waals surface area contributed by atoms with Crippen LogP contribution in [0.1, 0.15) is 11.1 Å². The van der Waals surface area contributed by atoms with Gasteiger partial charge in [-0.05, 0) is 36.8 Å². The van der Waals surface area contributed by atoms with E-state index in [2.05, 4.69) is 43.8 Å². The molecule has 0 unspecified atom stereocenters. The van der Waals surface area contributed by atoms with Gasteiger partial charge >= 0.3 is 0 Å². The van der Waals surface area contributed by atoms with Gasteiger partial charge in [0, 0.05) is 31.9 Å². The summed E-state index contributed by atoms with van der Waals surface area (Å²) >= 11 is 0. The number of benzene rings is 2. The number of anilines is 3. The molecular weight excluding hydrogens is 396 g/mol. The Labute approximate surface area is 178 Å². The first kappa shape index (κ1) is 20.2. The minimum absolute atomic E-state index is 0.0577. The van der Waals surface area contributed by atoms with Crippen LogP contribution in [0.15, 0.2) is 72.9 Å². The second kappa shape index (κ2) is 8.75. The third-order valence-corrected chi connectivity index (χ3v) is 6.45. The number of nitrogens with zero attached hydrogens (tertiary/aromatic N) is 3. The van der Waals surface area contributed by atoms with Crippen LogP contribution in [0.25, 0.3) is 0 Å². The van der Waals surface area contributed by atoms with E-state index in [-0.39, 0.29) is 5.75 Å². The topological polar surface area (TPSA) is 65.5 Å². The molecule has 0 bridgehead atoms. The highest BCUT2D eigenvalue weighted by molar-refractivity contribution is 7.91. The summed E-state index contributed by atoms with van der Waals surface area (Å²) in [4.78, 5) is 9.08. The Morgan fingerprint density at radius 2 is 1.63 bits per heavy atom. The maximum Gasteiger partial charge on any atom is 0.236 e. The molecule has 6 nitrogen and oxygen atoms in total. The van der Waals surface area contributed by atoms with Gasteiger partial charge in [-0.1, -0.05) is 48.0 Å². The van der Waals surface area contributed by atoms with Crippen LogP contribution in [-0.2, 0) is 15.8 Å². The molecule has 1 N–H and O–H groups in total. The molecule has 0 spiro atoms. The number of piperazine rings is 1. The van der Waals surface area contributed by atoms with Gasteiger partial charge in [-0.25, -0.2) is 13.4 Å². The molecule has 1 aliphatic heterocycles. The van der Waals surface area contributed by atoms with E-state index in [0.29, 0.717) is 5.69 Å². The lowest BCUT2D eigenvalue weighted by atomic mass is 10.2. The highest BCUT2D eigenvalue weighted by Gasteiger charge is 2.18. The minimum atomic E-state index is -3.49. The monoisotopic (exact) mass is 422 g/mol. The number of sulfonamides is 1. The Hall–Kier alpha value is -3.06. The number of para-hydroxylation sites is 1. The molecule has 0 aliphatic carbocycles. The van der Waals surface area contributed by atoms with Crippen molar-refractivity contribution in [3.63, 3.8) is 0 Å². The number of aryl methyl sites for hydroxylation is 1. The van der Waals surface area contributed by atoms with Gasteiger partial charge in [0.15, 0.2) is 0 Å². The minimum Gasteiger partial charge on any atom is -0.368 e. The number of rotatable bonds is 6. The summed E-state index contributed by atoms with van der Waals surface area (Å²) in [6.45, 7) is 5.56. The third kappa shape index (κ3) is 5.10. The van der Waals surface area contributed by atoms with Crippen molar-refractivity contribution in [2.45, 2.75) is 12.7 Å². The summed E-state index contributed by atoms with van der Waals surface area (Å²) in [5, 5.41) is 0. The fraction of sp³-hybridized carbons (Fsp3) is 0.261. The van der Waals surface area contributed by atoms with Gasteiger partial charge in [-0.15, -0.1) is 0 Å². The molecule has 0 saturated carbocycles. The second-order valence-electron chi connectivity index (χ2n) is 7.56. The maximum atomic E-state index is 12.5. The molecule has 0 amide bonds. The van der Waals surface area contributed by atoms with Crippen LogP contribution in [-0.4, -0.2) is 39.6 Å². The van der Waals surface area contributed by atoms with Crippen LogP contribution < -0.4 is 14.5 Å². The van der Waals surface area contributed by atoms with Crippen LogP contribution in [0.4, 0.5) is 17.2 Å². The first-order chi connectivity index (χ1) is 14.5. The lowest BCUT2D eigenvalue weighted by Gasteiger charge is -2.36. The molecule has 7 heteroatoms. The zero-order valence-electron chi connectivity index (χ0n) is 17.0. The van der Waals surface area contributed by atoms with Gasteiger partial charge in [0.25, 0.3) is 0 Å². The normalized spacial score (nSPS) is 14.6.